The second-order valence-electron chi connectivity index (χ2n) is 6.98. The predicted molar refractivity (Wildman–Crippen MR) is 105 cm³/mol. The van der Waals surface area contributed by atoms with E-state index in [-0.39, 0.29) is 17.9 Å². The number of anilines is 1. The highest BCUT2D eigenvalue weighted by Crippen LogP contribution is 2.31. The van der Waals surface area contributed by atoms with Crippen LogP contribution in [-0.2, 0) is 21.5 Å². The molecule has 2 heterocycles. The third-order valence-electron chi connectivity index (χ3n) is 4.96. The van der Waals surface area contributed by atoms with Crippen LogP contribution in [0.2, 0.25) is 0 Å². The van der Waals surface area contributed by atoms with Gasteiger partial charge in [-0.05, 0) is 44.9 Å². The highest BCUT2D eigenvalue weighted by molar-refractivity contribution is 7.87. The van der Waals surface area contributed by atoms with Crippen LogP contribution in [0.25, 0.3) is 0 Å². The van der Waals surface area contributed by atoms with Crippen LogP contribution >= 0.6 is 0 Å². The zero-order chi connectivity index (χ0) is 20.6. The fraction of sp³-hybridized carbons (Fsp3) is 0.444. The van der Waals surface area contributed by atoms with Gasteiger partial charge in [-0.2, -0.15) is 22.5 Å². The fourth-order valence-corrected chi connectivity index (χ4v) is 4.58. The number of aromatic hydroxyl groups is 1. The Bertz CT molecular complexity index is 1000. The van der Waals surface area contributed by atoms with Crippen molar-refractivity contribution in [3.05, 3.63) is 41.2 Å². The second-order valence-corrected chi connectivity index (χ2v) is 8.74. The summed E-state index contributed by atoms with van der Waals surface area (Å²) in [4.78, 5) is 12.9. The zero-order valence-corrected chi connectivity index (χ0v) is 17.1. The molecule has 1 aromatic heterocycles. The summed E-state index contributed by atoms with van der Waals surface area (Å²) >= 11 is 0. The monoisotopic (exact) mass is 407 g/mol. The molecule has 0 bridgehead atoms. The number of rotatable bonds is 4. The maximum atomic E-state index is 12.9. The maximum Gasteiger partial charge on any atom is 0.280 e. The van der Waals surface area contributed by atoms with Crippen molar-refractivity contribution in [2.24, 2.45) is 0 Å². The number of phenolic OH excluding ortho intramolecular Hbond substituents is 1. The summed E-state index contributed by atoms with van der Waals surface area (Å²) in [6.45, 7) is 6.25. The van der Waals surface area contributed by atoms with Gasteiger partial charge < -0.3 is 10.4 Å². The summed E-state index contributed by atoms with van der Waals surface area (Å²) in [6.07, 6.45) is 2.04. The molecule has 10 heteroatoms. The van der Waals surface area contributed by atoms with Crippen molar-refractivity contribution in [3.8, 4) is 5.75 Å². The molecule has 152 valence electrons. The predicted octanol–water partition coefficient (Wildman–Crippen LogP) is 1.44. The van der Waals surface area contributed by atoms with Crippen molar-refractivity contribution in [2.45, 2.75) is 45.8 Å². The van der Waals surface area contributed by atoms with Crippen molar-refractivity contribution in [2.75, 3.05) is 12.4 Å². The molecule has 1 aliphatic rings. The van der Waals surface area contributed by atoms with Crippen molar-refractivity contribution in [3.63, 3.8) is 0 Å². The van der Waals surface area contributed by atoms with Gasteiger partial charge in [0.25, 0.3) is 10.2 Å². The number of phenols is 1. The fourth-order valence-electron chi connectivity index (χ4n) is 3.32. The SMILES string of the molecule is CCn1cc(C2CC(C(=O)Nc3cc(C)ccc3O)N(C)S(=O)(=O)N2)c(C)n1. The van der Waals surface area contributed by atoms with Crippen LogP contribution < -0.4 is 10.0 Å². The highest BCUT2D eigenvalue weighted by atomic mass is 32.2. The molecule has 28 heavy (non-hydrogen) atoms. The Morgan fingerprint density at radius 1 is 1.39 bits per heavy atom. The molecule has 2 aromatic rings. The number of carbonyl (C=O) groups excluding carboxylic acids is 1. The van der Waals surface area contributed by atoms with Crippen LogP contribution in [0.3, 0.4) is 0 Å². The average molecular weight is 407 g/mol. The van der Waals surface area contributed by atoms with E-state index in [1.807, 2.05) is 20.8 Å². The molecule has 3 rings (SSSR count). The molecule has 0 aliphatic carbocycles. The Morgan fingerprint density at radius 2 is 2.11 bits per heavy atom. The molecule has 1 aromatic carbocycles. The topological polar surface area (TPSA) is 117 Å². The Kier molecular flexibility index (Phi) is 5.46. The van der Waals surface area contributed by atoms with E-state index in [9.17, 15) is 18.3 Å². The molecule has 1 fully saturated rings. The van der Waals surface area contributed by atoms with Gasteiger partial charge in [0.1, 0.15) is 11.8 Å². The van der Waals surface area contributed by atoms with E-state index in [0.29, 0.717) is 6.54 Å². The summed E-state index contributed by atoms with van der Waals surface area (Å²) in [5, 5.41) is 17.0. The minimum Gasteiger partial charge on any atom is -0.506 e. The van der Waals surface area contributed by atoms with Crippen LogP contribution in [0.5, 0.6) is 5.75 Å². The molecule has 0 spiro atoms. The van der Waals surface area contributed by atoms with Gasteiger partial charge in [0.15, 0.2) is 0 Å². The normalized spacial score (nSPS) is 22.1. The Labute approximate surface area is 164 Å². The highest BCUT2D eigenvalue weighted by Gasteiger charge is 2.41. The molecule has 2 unspecified atom stereocenters. The molecule has 1 saturated heterocycles. The summed E-state index contributed by atoms with van der Waals surface area (Å²) in [6, 6.07) is 3.34. The van der Waals surface area contributed by atoms with Gasteiger partial charge in [-0.1, -0.05) is 6.07 Å². The number of likely N-dealkylation sites (N-methyl/N-ethyl adjacent to an activating group) is 1. The van der Waals surface area contributed by atoms with Crippen molar-refractivity contribution >= 4 is 21.8 Å². The molecular formula is C18H25N5O4S. The van der Waals surface area contributed by atoms with Gasteiger partial charge in [-0.25, -0.2) is 0 Å². The van der Waals surface area contributed by atoms with E-state index in [4.69, 9.17) is 0 Å². The quantitative estimate of drug-likeness (QED) is 0.663. The van der Waals surface area contributed by atoms with Crippen LogP contribution in [-0.4, -0.2) is 46.6 Å². The van der Waals surface area contributed by atoms with E-state index in [1.165, 1.54) is 13.1 Å². The van der Waals surface area contributed by atoms with Crippen LogP contribution in [0.4, 0.5) is 5.69 Å². The molecule has 1 amide bonds. The van der Waals surface area contributed by atoms with Gasteiger partial charge in [-0.15, -0.1) is 0 Å². The number of hydrogen-bond acceptors (Lipinski definition) is 5. The van der Waals surface area contributed by atoms with Crippen LogP contribution in [0.1, 0.15) is 36.2 Å². The lowest BCUT2D eigenvalue weighted by atomic mass is 10.00. The van der Waals surface area contributed by atoms with Gasteiger partial charge >= 0.3 is 0 Å². The lowest BCUT2D eigenvalue weighted by molar-refractivity contribution is -0.120. The molecule has 0 radical (unpaired) electrons. The van der Waals surface area contributed by atoms with Gasteiger partial charge in [0.2, 0.25) is 5.91 Å². The molecular weight excluding hydrogens is 382 g/mol. The van der Waals surface area contributed by atoms with E-state index < -0.39 is 28.2 Å². The van der Waals surface area contributed by atoms with Crippen molar-refractivity contribution in [1.82, 2.24) is 18.8 Å². The Balaban J connectivity index is 1.89. The number of nitrogens with zero attached hydrogens (tertiary/aromatic N) is 3. The van der Waals surface area contributed by atoms with Gasteiger partial charge in [-0.3, -0.25) is 9.48 Å². The van der Waals surface area contributed by atoms with Crippen LogP contribution in [0.15, 0.2) is 24.4 Å². The molecule has 2 atom stereocenters. The number of aromatic nitrogens is 2. The minimum absolute atomic E-state index is 0.0741. The second kappa shape index (κ2) is 7.53. The zero-order valence-electron chi connectivity index (χ0n) is 16.3. The first kappa shape index (κ1) is 20.3. The van der Waals surface area contributed by atoms with Crippen molar-refractivity contribution in [1.29, 1.82) is 0 Å². The molecule has 0 saturated carbocycles. The first-order valence-corrected chi connectivity index (χ1v) is 10.5. The molecule has 9 nitrogen and oxygen atoms in total. The van der Waals surface area contributed by atoms with E-state index >= 15 is 0 Å². The van der Waals surface area contributed by atoms with E-state index in [1.54, 1.807) is 23.0 Å². The lowest BCUT2D eigenvalue weighted by Crippen LogP contribution is -2.56. The van der Waals surface area contributed by atoms with Gasteiger partial charge in [0, 0.05) is 25.4 Å². The number of hydrogen-bond donors (Lipinski definition) is 3. The summed E-state index contributed by atoms with van der Waals surface area (Å²) in [5.41, 5.74) is 2.57. The smallest absolute Gasteiger partial charge is 0.280 e. The summed E-state index contributed by atoms with van der Waals surface area (Å²) in [7, 11) is -2.49. The molecule has 1 aliphatic heterocycles. The Morgan fingerprint density at radius 3 is 2.75 bits per heavy atom. The average Bonchev–Trinajstić information content (AvgIpc) is 3.01. The third kappa shape index (κ3) is 3.89. The lowest BCUT2D eigenvalue weighted by Gasteiger charge is -2.36. The third-order valence-corrected chi connectivity index (χ3v) is 6.56. The molecule has 3 N–H and O–H groups in total. The van der Waals surface area contributed by atoms with E-state index in [2.05, 4.69) is 15.1 Å². The Hall–Kier alpha value is -2.43. The van der Waals surface area contributed by atoms with Gasteiger partial charge in [0.05, 0.1) is 17.4 Å². The number of carbonyl (C=O) groups is 1. The first-order chi connectivity index (χ1) is 13.1. The first-order valence-electron chi connectivity index (χ1n) is 9.02. The summed E-state index contributed by atoms with van der Waals surface area (Å²) < 4.78 is 30.6. The van der Waals surface area contributed by atoms with E-state index in [0.717, 1.165) is 21.1 Å². The number of benzene rings is 1. The number of aryl methyl sites for hydroxylation is 3. The largest absolute Gasteiger partial charge is 0.506 e. The number of nitrogens with one attached hydrogen (secondary N) is 2. The number of amides is 1. The van der Waals surface area contributed by atoms with Crippen molar-refractivity contribution < 1.29 is 18.3 Å². The summed E-state index contributed by atoms with van der Waals surface area (Å²) in [5.74, 6) is -0.575. The maximum absolute atomic E-state index is 12.9. The minimum atomic E-state index is -3.85. The standard InChI is InChI=1S/C18H25N5O4S/c1-5-23-10-13(12(3)20-23)14-9-16(22(4)28(26,27)21-14)18(25)19-15-8-11(2)6-7-17(15)24/h6-8,10,14,16,21,24H,5,9H2,1-4H3,(H,19,25). The van der Waals surface area contributed by atoms with Crippen LogP contribution in [0, 0.1) is 13.8 Å².